The van der Waals surface area contributed by atoms with E-state index in [1.165, 1.54) is 54.4 Å². The Morgan fingerprint density at radius 3 is 1.11 bits per heavy atom. The molecule has 0 aromatic heterocycles. The van der Waals surface area contributed by atoms with Crippen LogP contribution in [0, 0.1) is 5.41 Å². The molecule has 0 radical (unpaired) electrons. The van der Waals surface area contributed by atoms with Crippen LogP contribution in [0.1, 0.15) is 130 Å². The van der Waals surface area contributed by atoms with Crippen molar-refractivity contribution >= 4 is 45.9 Å². The Labute approximate surface area is 478 Å². The van der Waals surface area contributed by atoms with Crippen LogP contribution in [0.2, 0.25) is 0 Å². The fourth-order valence-corrected chi connectivity index (χ4v) is 10.6. The number of esters is 1. The molecule has 414 valence electrons. The van der Waals surface area contributed by atoms with Crippen LogP contribution in [0.5, 0.6) is 0 Å². The summed E-state index contributed by atoms with van der Waals surface area (Å²) in [7, 11) is 0. The Bertz CT molecular complexity index is 3110. The number of carbonyl (C=O) groups is 2. The SMILES string of the molecule is CCCCCCCC(C)(C)OCCOC(=O)CCc1ccc(N(c2ccc(-c3ccccc3)cc2)c2ccc(-c3ccc(N(c4ccc(CCC(=O)C(C)(C)CCCCC)cc4)c4ccc(-c5ccccc5)cc4)cc3)cc2)cc1. The van der Waals surface area contributed by atoms with E-state index in [9.17, 15) is 9.59 Å². The number of hydrogen-bond acceptors (Lipinski definition) is 6. The number of ketones is 1. The fourth-order valence-electron chi connectivity index (χ4n) is 10.6. The lowest BCUT2D eigenvalue weighted by Gasteiger charge is -2.27. The summed E-state index contributed by atoms with van der Waals surface area (Å²) >= 11 is 0. The van der Waals surface area contributed by atoms with Crippen LogP contribution in [0.15, 0.2) is 206 Å². The minimum atomic E-state index is -0.293. The van der Waals surface area contributed by atoms with Gasteiger partial charge in [-0.25, -0.2) is 0 Å². The maximum Gasteiger partial charge on any atom is 0.306 e. The highest BCUT2D eigenvalue weighted by molar-refractivity contribution is 5.85. The lowest BCUT2D eigenvalue weighted by molar-refractivity contribution is -0.147. The van der Waals surface area contributed by atoms with Gasteiger partial charge in [0, 0.05) is 52.4 Å². The third-order valence-corrected chi connectivity index (χ3v) is 15.6. The summed E-state index contributed by atoms with van der Waals surface area (Å²) in [4.78, 5) is 30.8. The highest BCUT2D eigenvalue weighted by Gasteiger charge is 2.26. The molecule has 0 aliphatic carbocycles. The maximum atomic E-state index is 13.3. The van der Waals surface area contributed by atoms with E-state index in [0.717, 1.165) is 94.9 Å². The predicted octanol–water partition coefficient (Wildman–Crippen LogP) is 20.4. The summed E-state index contributed by atoms with van der Waals surface area (Å²) < 4.78 is 11.7. The standard InChI is InChI=1S/C74H84N2O4/c1-7-9-11-12-20-54-74(5,6)80-56-55-79-72(78)52-30-58-27-41-66(42-28-58)76(68-45-33-62(34-46-68)60-23-17-14-18-24-60)70-49-37-64(38-50-70)63-35-47-69(48-36-63)75(67-43-31-61(32-44-67)59-21-15-13-16-22-59)65-39-25-57(26-40-65)29-51-71(77)73(3,4)53-19-10-8-2/h13-18,21-28,31-50H,7-12,19-20,29-30,51-56H2,1-6H3. The Hall–Kier alpha value is -7.54. The predicted molar refractivity (Wildman–Crippen MR) is 336 cm³/mol. The molecular weight excluding hydrogens is 981 g/mol. The second kappa shape index (κ2) is 29.1. The molecule has 80 heavy (non-hydrogen) atoms. The Balaban J connectivity index is 0.973. The number of rotatable bonds is 30. The molecule has 0 aliphatic rings. The number of unbranched alkanes of at least 4 members (excludes halogenated alkanes) is 6. The average Bonchev–Trinajstić information content (AvgIpc) is 3.51. The van der Waals surface area contributed by atoms with Crippen molar-refractivity contribution in [2.24, 2.45) is 5.41 Å². The van der Waals surface area contributed by atoms with Crippen molar-refractivity contribution in [3.63, 3.8) is 0 Å². The van der Waals surface area contributed by atoms with Crippen molar-refractivity contribution in [1.82, 2.24) is 0 Å². The number of ether oxygens (including phenoxy) is 2. The van der Waals surface area contributed by atoms with Gasteiger partial charge in [0.2, 0.25) is 0 Å². The lowest BCUT2D eigenvalue weighted by atomic mass is 9.80. The zero-order chi connectivity index (χ0) is 56.2. The largest absolute Gasteiger partial charge is 0.463 e. The van der Waals surface area contributed by atoms with Gasteiger partial charge in [0.05, 0.1) is 12.2 Å². The van der Waals surface area contributed by atoms with E-state index >= 15 is 0 Å². The van der Waals surface area contributed by atoms with Crippen molar-refractivity contribution in [2.75, 3.05) is 23.0 Å². The molecule has 0 N–H and O–H groups in total. The average molecular weight is 1070 g/mol. The molecule has 6 nitrogen and oxygen atoms in total. The quantitative estimate of drug-likeness (QED) is 0.0330. The van der Waals surface area contributed by atoms with Crippen LogP contribution in [-0.4, -0.2) is 30.6 Å². The van der Waals surface area contributed by atoms with Crippen LogP contribution in [0.4, 0.5) is 34.1 Å². The Morgan fingerprint density at radius 2 is 0.713 bits per heavy atom. The van der Waals surface area contributed by atoms with Gasteiger partial charge < -0.3 is 19.3 Å². The van der Waals surface area contributed by atoms with E-state index in [1.807, 2.05) is 12.1 Å². The number of hydrogen-bond donors (Lipinski definition) is 0. The van der Waals surface area contributed by atoms with Crippen molar-refractivity contribution in [2.45, 2.75) is 137 Å². The molecule has 0 spiro atoms. The third kappa shape index (κ3) is 16.8. The minimum Gasteiger partial charge on any atom is -0.463 e. The summed E-state index contributed by atoms with van der Waals surface area (Å²) in [6, 6.07) is 73.3. The third-order valence-electron chi connectivity index (χ3n) is 15.6. The molecule has 0 aliphatic heterocycles. The number of nitrogens with zero attached hydrogens (tertiary/aromatic N) is 2. The van der Waals surface area contributed by atoms with Crippen molar-refractivity contribution in [1.29, 1.82) is 0 Å². The molecular formula is C74H84N2O4. The summed E-state index contributed by atoms with van der Waals surface area (Å²) in [6.45, 7) is 13.6. The lowest BCUT2D eigenvalue weighted by Crippen LogP contribution is -2.26. The molecule has 0 bridgehead atoms. The maximum absolute atomic E-state index is 13.3. The molecule has 0 saturated carbocycles. The van der Waals surface area contributed by atoms with Gasteiger partial charge in [0.1, 0.15) is 12.4 Å². The van der Waals surface area contributed by atoms with Crippen LogP contribution in [0.3, 0.4) is 0 Å². The van der Waals surface area contributed by atoms with Crippen molar-refractivity contribution in [3.05, 3.63) is 217 Å². The zero-order valence-corrected chi connectivity index (χ0v) is 48.5. The van der Waals surface area contributed by atoms with Crippen LogP contribution < -0.4 is 9.80 Å². The first kappa shape index (κ1) is 58.6. The van der Waals surface area contributed by atoms with Crippen molar-refractivity contribution in [3.8, 4) is 33.4 Å². The topological polar surface area (TPSA) is 59.1 Å². The van der Waals surface area contributed by atoms with Gasteiger partial charge in [-0.2, -0.15) is 0 Å². The smallest absolute Gasteiger partial charge is 0.306 e. The van der Waals surface area contributed by atoms with Gasteiger partial charge >= 0.3 is 5.97 Å². The molecule has 8 rings (SSSR count). The second-order valence-corrected chi connectivity index (χ2v) is 22.7. The Morgan fingerprint density at radius 1 is 0.375 bits per heavy atom. The molecule has 0 saturated heterocycles. The van der Waals surface area contributed by atoms with E-state index in [4.69, 9.17) is 9.47 Å². The molecule has 8 aromatic rings. The number of carbonyl (C=O) groups excluding carboxylic acids is 2. The van der Waals surface area contributed by atoms with E-state index in [1.54, 1.807) is 0 Å². The summed E-state index contributed by atoms with van der Waals surface area (Å²) in [5.41, 5.74) is 14.9. The van der Waals surface area contributed by atoms with E-state index in [0.29, 0.717) is 31.7 Å². The number of Topliss-reactive ketones (excluding diaryl/α,β-unsaturated/α-hetero) is 1. The van der Waals surface area contributed by atoms with Crippen LogP contribution in [0.25, 0.3) is 33.4 Å². The molecule has 0 unspecified atom stereocenters. The molecule has 0 heterocycles. The summed E-state index contributed by atoms with van der Waals surface area (Å²) in [5.74, 6) is 0.136. The van der Waals surface area contributed by atoms with Crippen LogP contribution >= 0.6 is 0 Å². The zero-order valence-electron chi connectivity index (χ0n) is 48.5. The Kier molecular flexibility index (Phi) is 21.3. The van der Waals surface area contributed by atoms with E-state index in [2.05, 4.69) is 245 Å². The first-order valence-electron chi connectivity index (χ1n) is 29.5. The molecule has 6 heteroatoms. The monoisotopic (exact) mass is 1060 g/mol. The minimum absolute atomic E-state index is 0.209. The second-order valence-electron chi connectivity index (χ2n) is 22.7. The number of benzene rings is 8. The summed E-state index contributed by atoms with van der Waals surface area (Å²) in [5, 5.41) is 0. The van der Waals surface area contributed by atoms with E-state index < -0.39 is 0 Å². The normalized spacial score (nSPS) is 11.6. The van der Waals surface area contributed by atoms with Gasteiger partial charge in [-0.1, -0.05) is 213 Å². The number of aryl methyl sites for hydroxylation is 2. The van der Waals surface area contributed by atoms with Gasteiger partial charge in [0.15, 0.2) is 0 Å². The van der Waals surface area contributed by atoms with Gasteiger partial charge in [-0.05, 0) is 157 Å². The molecule has 0 amide bonds. The van der Waals surface area contributed by atoms with E-state index in [-0.39, 0.29) is 23.6 Å². The fraction of sp³-hybridized carbons (Fsp3) is 0.324. The summed E-state index contributed by atoms with van der Waals surface area (Å²) in [6.07, 6.45) is 13.7. The van der Waals surface area contributed by atoms with Gasteiger partial charge in [-0.3, -0.25) is 9.59 Å². The highest BCUT2D eigenvalue weighted by atomic mass is 16.6. The first-order valence-corrected chi connectivity index (χ1v) is 29.5. The molecule has 8 aromatic carbocycles. The molecule has 0 fully saturated rings. The van der Waals surface area contributed by atoms with Gasteiger partial charge in [0.25, 0.3) is 0 Å². The van der Waals surface area contributed by atoms with Crippen LogP contribution in [-0.2, 0) is 31.9 Å². The number of anilines is 6. The van der Waals surface area contributed by atoms with Crippen molar-refractivity contribution < 1.29 is 19.1 Å². The molecule has 0 atom stereocenters. The first-order chi connectivity index (χ1) is 38.9. The van der Waals surface area contributed by atoms with Gasteiger partial charge in [-0.15, -0.1) is 0 Å². The highest BCUT2D eigenvalue weighted by Crippen LogP contribution is 2.40.